The van der Waals surface area contributed by atoms with E-state index in [0.29, 0.717) is 18.8 Å². The Kier molecular flexibility index (Phi) is 5.31. The van der Waals surface area contributed by atoms with Crippen LogP contribution in [0.5, 0.6) is 0 Å². The molecule has 0 bridgehead atoms. The van der Waals surface area contributed by atoms with Crippen molar-refractivity contribution < 1.29 is 18.8 Å². The van der Waals surface area contributed by atoms with E-state index < -0.39 is 5.97 Å². The van der Waals surface area contributed by atoms with Gasteiger partial charge in [-0.1, -0.05) is 17.3 Å². The van der Waals surface area contributed by atoms with Gasteiger partial charge >= 0.3 is 5.97 Å². The molecule has 1 heterocycles. The number of nitrogens with two attached hydrogens (primary N) is 1. The molecule has 0 aliphatic heterocycles. The van der Waals surface area contributed by atoms with Gasteiger partial charge in [-0.25, -0.2) is 4.79 Å². The lowest BCUT2D eigenvalue weighted by Crippen LogP contribution is -2.35. The molecule has 0 atom stereocenters. The Balaban J connectivity index is 2.60. The van der Waals surface area contributed by atoms with Gasteiger partial charge in [-0.15, -0.1) is 0 Å². The van der Waals surface area contributed by atoms with E-state index in [9.17, 15) is 9.59 Å². The first kappa shape index (κ1) is 15.7. The topological polar surface area (TPSA) is 98.7 Å². The smallest absolute Gasteiger partial charge is 0.346 e. The van der Waals surface area contributed by atoms with Gasteiger partial charge in [0.05, 0.1) is 5.69 Å². The van der Waals surface area contributed by atoms with Crippen LogP contribution in [0.2, 0.25) is 0 Å². The van der Waals surface area contributed by atoms with Gasteiger partial charge in [0.2, 0.25) is 5.88 Å². The first-order chi connectivity index (χ1) is 9.36. The lowest BCUT2D eigenvalue weighted by Gasteiger charge is -2.20. The molecule has 110 valence electrons. The highest BCUT2D eigenvalue weighted by Crippen LogP contribution is 2.16. The van der Waals surface area contributed by atoms with Gasteiger partial charge in [-0.2, -0.15) is 0 Å². The molecule has 20 heavy (non-hydrogen) atoms. The molecule has 0 unspecified atom stereocenters. The Bertz CT molecular complexity index is 502. The predicted molar refractivity (Wildman–Crippen MR) is 73.0 cm³/mol. The monoisotopic (exact) mass is 281 g/mol. The molecule has 0 spiro atoms. The first-order valence-electron chi connectivity index (χ1n) is 6.17. The number of ether oxygens (including phenoxy) is 1. The van der Waals surface area contributed by atoms with Crippen molar-refractivity contribution in [3.8, 4) is 0 Å². The summed E-state index contributed by atoms with van der Waals surface area (Å²) >= 11 is 0. The molecule has 0 aliphatic carbocycles. The Hall–Kier alpha value is -2.31. The lowest BCUT2D eigenvalue weighted by atomic mass is 10.2. The van der Waals surface area contributed by atoms with Crippen molar-refractivity contribution in [3.63, 3.8) is 0 Å². The van der Waals surface area contributed by atoms with E-state index in [-0.39, 0.29) is 24.0 Å². The van der Waals surface area contributed by atoms with Gasteiger partial charge in [-0.05, 0) is 20.8 Å². The summed E-state index contributed by atoms with van der Waals surface area (Å²) in [6.07, 6.45) is 0. The second-order valence-corrected chi connectivity index (χ2v) is 4.45. The molecule has 7 heteroatoms. The predicted octanol–water partition coefficient (Wildman–Crippen LogP) is 1.15. The van der Waals surface area contributed by atoms with Crippen LogP contribution in [0.3, 0.4) is 0 Å². The van der Waals surface area contributed by atoms with Crippen LogP contribution in [0.4, 0.5) is 5.88 Å². The van der Waals surface area contributed by atoms with E-state index >= 15 is 0 Å². The second kappa shape index (κ2) is 6.74. The van der Waals surface area contributed by atoms with Crippen molar-refractivity contribution in [1.29, 1.82) is 0 Å². The number of nitrogens with zero attached hydrogens (tertiary/aromatic N) is 2. The second-order valence-electron chi connectivity index (χ2n) is 4.45. The number of hydrogen-bond acceptors (Lipinski definition) is 6. The quantitative estimate of drug-likeness (QED) is 0.620. The first-order valence-corrected chi connectivity index (χ1v) is 6.17. The summed E-state index contributed by atoms with van der Waals surface area (Å²) in [4.78, 5) is 25.2. The minimum atomic E-state index is -0.721. The van der Waals surface area contributed by atoms with Crippen molar-refractivity contribution in [2.45, 2.75) is 20.8 Å². The molecule has 0 aromatic carbocycles. The fourth-order valence-corrected chi connectivity index (χ4v) is 1.63. The number of hydrogen-bond donors (Lipinski definition) is 1. The van der Waals surface area contributed by atoms with Crippen LogP contribution in [0.1, 0.15) is 29.9 Å². The number of amides is 1. The fourth-order valence-electron chi connectivity index (χ4n) is 1.63. The molecular weight excluding hydrogens is 262 g/mol. The zero-order chi connectivity index (χ0) is 15.3. The third-order valence-corrected chi connectivity index (χ3v) is 2.62. The number of esters is 1. The summed E-state index contributed by atoms with van der Waals surface area (Å²) in [5.41, 5.74) is 6.70. The van der Waals surface area contributed by atoms with E-state index in [1.807, 2.05) is 13.8 Å². The number of carbonyl (C=O) groups is 2. The van der Waals surface area contributed by atoms with E-state index in [1.165, 1.54) is 0 Å². The zero-order valence-corrected chi connectivity index (χ0v) is 11.9. The number of rotatable bonds is 6. The highest BCUT2D eigenvalue weighted by molar-refractivity contribution is 5.96. The molecule has 0 radical (unpaired) electrons. The molecule has 1 aromatic rings. The van der Waals surface area contributed by atoms with Gasteiger partial charge in [0, 0.05) is 13.1 Å². The van der Waals surface area contributed by atoms with Crippen molar-refractivity contribution in [3.05, 3.63) is 23.4 Å². The Morgan fingerprint density at radius 2 is 2.15 bits per heavy atom. The van der Waals surface area contributed by atoms with Gasteiger partial charge in [0.25, 0.3) is 5.91 Å². The third kappa shape index (κ3) is 3.84. The van der Waals surface area contributed by atoms with Crippen molar-refractivity contribution in [2.75, 3.05) is 25.4 Å². The number of aryl methyl sites for hydroxylation is 1. The van der Waals surface area contributed by atoms with Crippen LogP contribution in [0, 0.1) is 6.92 Å². The average molecular weight is 281 g/mol. The molecule has 0 fully saturated rings. The standard InChI is InChI=1S/C13H19N3O4/c1-5-16(6-8(2)3)10(17)7-19-13(18)11-9(4)15-20-12(11)14/h2,5-7,14H2,1,3-4H3. The maximum absolute atomic E-state index is 11.9. The Labute approximate surface area is 117 Å². The highest BCUT2D eigenvalue weighted by atomic mass is 16.5. The molecule has 7 nitrogen and oxygen atoms in total. The van der Waals surface area contributed by atoms with Crippen LogP contribution < -0.4 is 5.73 Å². The van der Waals surface area contributed by atoms with E-state index in [1.54, 1.807) is 11.8 Å². The van der Waals surface area contributed by atoms with Crippen LogP contribution in [-0.4, -0.2) is 41.6 Å². The fraction of sp³-hybridized carbons (Fsp3) is 0.462. The molecule has 1 aromatic heterocycles. The van der Waals surface area contributed by atoms with Gasteiger partial charge in [0.1, 0.15) is 5.56 Å². The molecular formula is C13H19N3O4. The largest absolute Gasteiger partial charge is 0.452 e. The number of likely N-dealkylation sites (N-methyl/N-ethyl adjacent to an activating group) is 1. The Morgan fingerprint density at radius 3 is 2.60 bits per heavy atom. The summed E-state index contributed by atoms with van der Waals surface area (Å²) in [7, 11) is 0. The molecule has 1 rings (SSSR count). The van der Waals surface area contributed by atoms with Crippen LogP contribution >= 0.6 is 0 Å². The number of nitrogen functional groups attached to an aromatic ring is 1. The van der Waals surface area contributed by atoms with Gasteiger partial charge < -0.3 is 19.9 Å². The SMILES string of the molecule is C=C(C)CN(CC)C(=O)COC(=O)c1c(C)noc1N. The molecule has 0 saturated heterocycles. The Morgan fingerprint density at radius 1 is 1.50 bits per heavy atom. The molecule has 0 aliphatic rings. The number of aromatic nitrogens is 1. The van der Waals surface area contributed by atoms with Crippen LogP contribution in [0.15, 0.2) is 16.7 Å². The third-order valence-electron chi connectivity index (χ3n) is 2.62. The van der Waals surface area contributed by atoms with E-state index in [4.69, 9.17) is 10.5 Å². The summed E-state index contributed by atoms with van der Waals surface area (Å²) in [6, 6.07) is 0. The summed E-state index contributed by atoms with van der Waals surface area (Å²) in [6.45, 7) is 9.56. The zero-order valence-electron chi connectivity index (χ0n) is 11.9. The van der Waals surface area contributed by atoms with E-state index in [0.717, 1.165) is 5.57 Å². The lowest BCUT2D eigenvalue weighted by molar-refractivity contribution is -0.133. The number of anilines is 1. The average Bonchev–Trinajstić information content (AvgIpc) is 2.72. The minimum Gasteiger partial charge on any atom is -0.452 e. The summed E-state index contributed by atoms with van der Waals surface area (Å²) in [5.74, 6) is -1.13. The normalized spacial score (nSPS) is 10.2. The van der Waals surface area contributed by atoms with Crippen LogP contribution in [-0.2, 0) is 9.53 Å². The van der Waals surface area contributed by atoms with Gasteiger partial charge in [-0.3, -0.25) is 4.79 Å². The molecule has 2 N–H and O–H groups in total. The molecule has 0 saturated carbocycles. The molecule has 1 amide bonds. The maximum atomic E-state index is 11.9. The summed E-state index contributed by atoms with van der Waals surface area (Å²) < 4.78 is 9.60. The maximum Gasteiger partial charge on any atom is 0.346 e. The minimum absolute atomic E-state index is 0.0562. The number of carbonyl (C=O) groups excluding carboxylic acids is 2. The summed E-state index contributed by atoms with van der Waals surface area (Å²) in [5, 5.41) is 3.55. The van der Waals surface area contributed by atoms with Crippen LogP contribution in [0.25, 0.3) is 0 Å². The van der Waals surface area contributed by atoms with Crippen molar-refractivity contribution >= 4 is 17.8 Å². The van der Waals surface area contributed by atoms with Crippen molar-refractivity contribution in [2.24, 2.45) is 0 Å². The van der Waals surface area contributed by atoms with Crippen molar-refractivity contribution in [1.82, 2.24) is 10.1 Å². The van der Waals surface area contributed by atoms with E-state index in [2.05, 4.69) is 16.3 Å². The van der Waals surface area contributed by atoms with Gasteiger partial charge in [0.15, 0.2) is 6.61 Å². The highest BCUT2D eigenvalue weighted by Gasteiger charge is 2.22.